The van der Waals surface area contributed by atoms with Gasteiger partial charge in [0.05, 0.1) is 0 Å². The highest BCUT2D eigenvalue weighted by molar-refractivity contribution is 7.91. The van der Waals surface area contributed by atoms with Gasteiger partial charge in [-0.1, -0.05) is 13.8 Å². The van der Waals surface area contributed by atoms with E-state index >= 15 is 0 Å². The minimum atomic E-state index is -3.33. The Kier molecular flexibility index (Phi) is 4.06. The molecule has 1 aromatic heterocycles. The van der Waals surface area contributed by atoms with Gasteiger partial charge in [-0.2, -0.15) is 4.37 Å². The van der Waals surface area contributed by atoms with E-state index in [4.69, 9.17) is 5.73 Å². The van der Waals surface area contributed by atoms with Crippen molar-refractivity contribution < 1.29 is 8.42 Å². The van der Waals surface area contributed by atoms with Crippen molar-refractivity contribution >= 4 is 32.2 Å². The van der Waals surface area contributed by atoms with E-state index < -0.39 is 9.84 Å². The van der Waals surface area contributed by atoms with Crippen molar-refractivity contribution in [3.63, 3.8) is 0 Å². The molecule has 1 aliphatic carbocycles. The van der Waals surface area contributed by atoms with Gasteiger partial charge in [0.1, 0.15) is 9.90 Å². The lowest BCUT2D eigenvalue weighted by molar-refractivity contribution is 0.570. The van der Waals surface area contributed by atoms with Crippen LogP contribution in [0.1, 0.15) is 33.1 Å². The van der Waals surface area contributed by atoms with Gasteiger partial charge in [0, 0.05) is 18.8 Å². The van der Waals surface area contributed by atoms with Crippen molar-refractivity contribution in [2.45, 2.75) is 44.0 Å². The zero-order chi connectivity index (χ0) is 14.2. The highest BCUT2D eigenvalue weighted by Gasteiger charge is 2.34. The lowest BCUT2D eigenvalue weighted by Gasteiger charge is -2.24. The first-order valence-corrected chi connectivity index (χ1v) is 9.19. The number of hydrogen-bond donors (Lipinski definition) is 1. The van der Waals surface area contributed by atoms with Gasteiger partial charge in [0.2, 0.25) is 0 Å². The van der Waals surface area contributed by atoms with Gasteiger partial charge in [0.15, 0.2) is 15.7 Å². The van der Waals surface area contributed by atoms with Crippen LogP contribution in [-0.4, -0.2) is 31.6 Å². The van der Waals surface area contributed by atoms with Crippen LogP contribution in [0.3, 0.4) is 0 Å². The molecule has 0 bridgehead atoms. The van der Waals surface area contributed by atoms with E-state index in [1.165, 1.54) is 17.8 Å². The first kappa shape index (κ1) is 14.6. The molecule has 5 nitrogen and oxygen atoms in total. The predicted octanol–water partition coefficient (Wildman–Crippen LogP) is 2.14. The van der Waals surface area contributed by atoms with Crippen molar-refractivity contribution in [3.05, 3.63) is 0 Å². The van der Waals surface area contributed by atoms with Crippen molar-refractivity contribution in [2.24, 2.45) is 5.92 Å². The Bertz CT molecular complexity index is 547. The summed E-state index contributed by atoms with van der Waals surface area (Å²) >= 11 is 1.20. The van der Waals surface area contributed by atoms with Crippen LogP contribution in [0.25, 0.3) is 0 Å². The number of aromatic nitrogens is 1. The monoisotopic (exact) mass is 303 g/mol. The Hall–Kier alpha value is -0.820. The molecular weight excluding hydrogens is 282 g/mol. The van der Waals surface area contributed by atoms with Crippen LogP contribution in [0.2, 0.25) is 0 Å². The van der Waals surface area contributed by atoms with E-state index in [9.17, 15) is 8.42 Å². The number of anilines is 2. The maximum absolute atomic E-state index is 11.9. The summed E-state index contributed by atoms with van der Waals surface area (Å²) in [4.78, 5) is 2.40. The van der Waals surface area contributed by atoms with Gasteiger partial charge in [0.25, 0.3) is 0 Å². The van der Waals surface area contributed by atoms with Crippen LogP contribution in [0.4, 0.5) is 10.8 Å². The van der Waals surface area contributed by atoms with Crippen molar-refractivity contribution in [1.29, 1.82) is 0 Å². The summed E-state index contributed by atoms with van der Waals surface area (Å²) in [7, 11) is -3.33. The van der Waals surface area contributed by atoms with Crippen molar-refractivity contribution in [1.82, 2.24) is 4.37 Å². The second kappa shape index (κ2) is 5.28. The van der Waals surface area contributed by atoms with Crippen molar-refractivity contribution in [3.8, 4) is 0 Å². The van der Waals surface area contributed by atoms with Crippen LogP contribution in [0.15, 0.2) is 4.90 Å². The van der Waals surface area contributed by atoms with Crippen molar-refractivity contribution in [2.75, 3.05) is 23.4 Å². The molecule has 0 aliphatic heterocycles. The summed E-state index contributed by atoms with van der Waals surface area (Å²) in [6, 6.07) is 0.457. The molecule has 19 heavy (non-hydrogen) atoms. The molecular formula is C12H21N3O2S2. The van der Waals surface area contributed by atoms with E-state index in [1.807, 2.05) is 0 Å². The molecule has 1 saturated carbocycles. The normalized spacial score (nSPS) is 16.0. The first-order chi connectivity index (χ1) is 8.80. The molecule has 0 amide bonds. The Morgan fingerprint density at radius 2 is 2.11 bits per heavy atom. The summed E-state index contributed by atoms with van der Waals surface area (Å²) in [5, 5.41) is 0.725. The minimum Gasteiger partial charge on any atom is -0.382 e. The fourth-order valence-electron chi connectivity index (χ4n) is 2.05. The molecule has 1 heterocycles. The Labute approximate surface area is 118 Å². The average Bonchev–Trinajstić information content (AvgIpc) is 3.01. The third-order valence-corrected chi connectivity index (χ3v) is 5.40. The number of hydrogen-bond acceptors (Lipinski definition) is 6. The molecule has 0 radical (unpaired) electrons. The van der Waals surface area contributed by atoms with Crippen LogP contribution >= 0.6 is 11.5 Å². The third-order valence-electron chi connectivity index (χ3n) is 3.22. The molecule has 0 spiro atoms. The Balaban J connectivity index is 2.32. The molecule has 0 unspecified atom stereocenters. The van der Waals surface area contributed by atoms with Gasteiger partial charge in [-0.05, 0) is 36.7 Å². The van der Waals surface area contributed by atoms with Gasteiger partial charge >= 0.3 is 0 Å². The maximum Gasteiger partial charge on any atom is 0.182 e. The number of sulfone groups is 1. The standard InChI is InChI=1S/C12H21N3O2S2/c1-8(2)6-7-15(9-4-5-9)12-10(19(3,16)17)11(13)14-18-12/h8-9H,4-7H2,1-3H3,(H2,13,14). The summed E-state index contributed by atoms with van der Waals surface area (Å²) in [6.45, 7) is 5.21. The SMILES string of the molecule is CC(C)CCN(c1snc(N)c1S(C)(=O)=O)C1CC1. The number of nitrogens with two attached hydrogens (primary N) is 1. The zero-order valence-electron chi connectivity index (χ0n) is 11.6. The molecule has 7 heteroatoms. The minimum absolute atomic E-state index is 0.137. The fourth-order valence-corrected chi connectivity index (χ4v) is 4.34. The molecule has 2 N–H and O–H groups in total. The van der Waals surface area contributed by atoms with Crippen LogP contribution in [0, 0.1) is 5.92 Å². The largest absolute Gasteiger partial charge is 0.382 e. The quantitative estimate of drug-likeness (QED) is 0.871. The number of nitrogens with zero attached hydrogens (tertiary/aromatic N) is 2. The number of rotatable bonds is 6. The molecule has 1 aromatic rings. The summed E-state index contributed by atoms with van der Waals surface area (Å²) in [5.74, 6) is 0.728. The van der Waals surface area contributed by atoms with E-state index in [0.717, 1.165) is 30.8 Å². The van der Waals surface area contributed by atoms with E-state index in [1.54, 1.807) is 0 Å². The zero-order valence-corrected chi connectivity index (χ0v) is 13.2. The number of nitrogen functional groups attached to an aromatic ring is 1. The Morgan fingerprint density at radius 3 is 2.58 bits per heavy atom. The second-order valence-corrected chi connectivity index (χ2v) is 8.29. The smallest absolute Gasteiger partial charge is 0.182 e. The van der Waals surface area contributed by atoms with Crippen LogP contribution in [0.5, 0.6) is 0 Å². The predicted molar refractivity (Wildman–Crippen MR) is 79.5 cm³/mol. The van der Waals surface area contributed by atoms with Gasteiger partial charge in [-0.15, -0.1) is 0 Å². The van der Waals surface area contributed by atoms with Gasteiger partial charge < -0.3 is 10.6 Å². The average molecular weight is 303 g/mol. The Morgan fingerprint density at radius 1 is 1.47 bits per heavy atom. The summed E-state index contributed by atoms with van der Waals surface area (Å²) in [6.07, 6.45) is 4.49. The van der Waals surface area contributed by atoms with Gasteiger partial charge in [-0.25, -0.2) is 8.42 Å². The second-order valence-electron chi connectivity index (χ2n) is 5.58. The highest BCUT2D eigenvalue weighted by Crippen LogP contribution is 2.40. The fraction of sp³-hybridized carbons (Fsp3) is 0.750. The molecule has 1 aliphatic rings. The summed E-state index contributed by atoms with van der Waals surface area (Å²) < 4.78 is 27.8. The third kappa shape index (κ3) is 3.39. The van der Waals surface area contributed by atoms with E-state index in [-0.39, 0.29) is 10.7 Å². The van der Waals surface area contributed by atoms with Crippen LogP contribution < -0.4 is 10.6 Å². The molecule has 0 saturated heterocycles. The topological polar surface area (TPSA) is 76.3 Å². The first-order valence-electron chi connectivity index (χ1n) is 6.52. The maximum atomic E-state index is 11.9. The van der Waals surface area contributed by atoms with Crippen LogP contribution in [-0.2, 0) is 9.84 Å². The molecule has 2 rings (SSSR count). The van der Waals surface area contributed by atoms with E-state index in [0.29, 0.717) is 12.0 Å². The summed E-state index contributed by atoms with van der Waals surface area (Å²) in [5.41, 5.74) is 5.74. The lowest BCUT2D eigenvalue weighted by atomic mass is 10.1. The molecule has 1 fully saturated rings. The van der Waals surface area contributed by atoms with E-state index in [2.05, 4.69) is 23.1 Å². The highest BCUT2D eigenvalue weighted by atomic mass is 32.2. The lowest BCUT2D eigenvalue weighted by Crippen LogP contribution is -2.28. The molecule has 0 atom stereocenters. The molecule has 0 aromatic carbocycles. The molecule has 108 valence electrons. The van der Waals surface area contributed by atoms with Gasteiger partial charge in [-0.3, -0.25) is 0 Å².